The van der Waals surface area contributed by atoms with Crippen LogP contribution in [-0.2, 0) is 22.3 Å². The molecule has 0 saturated heterocycles. The van der Waals surface area contributed by atoms with Crippen molar-refractivity contribution in [3.63, 3.8) is 0 Å². The van der Waals surface area contributed by atoms with E-state index in [0.717, 1.165) is 46.5 Å². The minimum atomic E-state index is -0.616. The number of carbonyl (C=O) groups is 3. The largest absolute Gasteiger partial charge is 0.462 e. The van der Waals surface area contributed by atoms with Crippen molar-refractivity contribution in [2.45, 2.75) is 47.0 Å². The molecule has 8 nitrogen and oxygen atoms in total. The third-order valence-corrected chi connectivity index (χ3v) is 8.15. The van der Waals surface area contributed by atoms with Gasteiger partial charge in [0.05, 0.1) is 24.5 Å². The quantitative estimate of drug-likeness (QED) is 0.457. The second-order valence-corrected chi connectivity index (χ2v) is 10.3. The number of hydrogen-bond acceptors (Lipinski definition) is 9. The standard InChI is InChI=1S/C24H27N3O5S2/c1-5-31-23(29)16-12(4)18(24(30)32-6-2)33-22(16)27-20(28)19-17(25)14-10-13-9-11(3)7-8-15(13)26-21(14)34-19/h10-11H,5-9,25H2,1-4H3,(H,27,28). The van der Waals surface area contributed by atoms with Crippen LogP contribution in [0.5, 0.6) is 0 Å². The molecule has 1 unspecified atom stereocenters. The van der Waals surface area contributed by atoms with Gasteiger partial charge in [-0.05, 0) is 63.1 Å². The molecule has 1 atom stereocenters. The van der Waals surface area contributed by atoms with Gasteiger partial charge in [0.2, 0.25) is 0 Å². The molecule has 3 aromatic rings. The van der Waals surface area contributed by atoms with Gasteiger partial charge in [0, 0.05) is 11.1 Å². The maximum absolute atomic E-state index is 13.3. The maximum Gasteiger partial charge on any atom is 0.348 e. The van der Waals surface area contributed by atoms with Crippen LogP contribution in [0, 0.1) is 12.8 Å². The maximum atomic E-state index is 13.3. The Balaban J connectivity index is 1.70. The number of rotatable bonds is 6. The molecule has 0 saturated carbocycles. The molecule has 0 spiro atoms. The zero-order valence-electron chi connectivity index (χ0n) is 19.6. The van der Waals surface area contributed by atoms with Gasteiger partial charge in [-0.15, -0.1) is 22.7 Å². The molecule has 0 radical (unpaired) electrons. The fourth-order valence-corrected chi connectivity index (χ4v) is 6.22. The van der Waals surface area contributed by atoms with Crippen molar-refractivity contribution in [1.29, 1.82) is 0 Å². The number of esters is 2. The average Bonchev–Trinajstić information content (AvgIpc) is 3.29. The minimum absolute atomic E-state index is 0.144. The van der Waals surface area contributed by atoms with Crippen LogP contribution in [0.2, 0.25) is 0 Å². The molecule has 0 aromatic carbocycles. The number of nitrogens with two attached hydrogens (primary N) is 1. The highest BCUT2D eigenvalue weighted by Gasteiger charge is 2.29. The summed E-state index contributed by atoms with van der Waals surface area (Å²) in [6, 6.07) is 2.05. The van der Waals surface area contributed by atoms with E-state index < -0.39 is 17.8 Å². The smallest absolute Gasteiger partial charge is 0.348 e. The van der Waals surface area contributed by atoms with Crippen LogP contribution in [0.3, 0.4) is 0 Å². The predicted octanol–water partition coefficient (Wildman–Crippen LogP) is 4.98. The second kappa shape index (κ2) is 9.71. The van der Waals surface area contributed by atoms with Crippen LogP contribution in [0.1, 0.15) is 73.7 Å². The fraction of sp³-hybridized carbons (Fsp3) is 0.417. The molecule has 34 heavy (non-hydrogen) atoms. The Kier molecular flexibility index (Phi) is 6.90. The van der Waals surface area contributed by atoms with Crippen molar-refractivity contribution in [2.75, 3.05) is 24.3 Å². The molecular weight excluding hydrogens is 474 g/mol. The molecule has 1 amide bonds. The lowest BCUT2D eigenvalue weighted by atomic mass is 9.87. The third-order valence-electron chi connectivity index (χ3n) is 5.85. The molecular formula is C24H27N3O5S2. The van der Waals surface area contributed by atoms with Gasteiger partial charge in [-0.25, -0.2) is 14.6 Å². The lowest BCUT2D eigenvalue weighted by molar-refractivity contribution is 0.0527. The van der Waals surface area contributed by atoms with E-state index >= 15 is 0 Å². The topological polar surface area (TPSA) is 121 Å². The fourth-order valence-electron chi connectivity index (χ4n) is 4.14. The van der Waals surface area contributed by atoms with Crippen LogP contribution >= 0.6 is 22.7 Å². The van der Waals surface area contributed by atoms with E-state index in [-0.39, 0.29) is 28.7 Å². The van der Waals surface area contributed by atoms with Gasteiger partial charge < -0.3 is 20.5 Å². The Morgan fingerprint density at radius 3 is 2.56 bits per heavy atom. The number of amides is 1. The molecule has 4 rings (SSSR count). The van der Waals surface area contributed by atoms with Crippen LogP contribution in [0.15, 0.2) is 6.07 Å². The van der Waals surface area contributed by atoms with Gasteiger partial charge in [0.15, 0.2) is 0 Å². The lowest BCUT2D eigenvalue weighted by Crippen LogP contribution is -2.15. The van der Waals surface area contributed by atoms with Gasteiger partial charge in [-0.3, -0.25) is 4.79 Å². The summed E-state index contributed by atoms with van der Waals surface area (Å²) in [5.74, 6) is -1.04. The summed E-state index contributed by atoms with van der Waals surface area (Å²) < 4.78 is 10.3. The Labute approximate surface area is 205 Å². The Morgan fingerprint density at radius 2 is 1.85 bits per heavy atom. The number of nitrogen functional groups attached to an aromatic ring is 1. The summed E-state index contributed by atoms with van der Waals surface area (Å²) in [5, 5.41) is 3.77. The van der Waals surface area contributed by atoms with E-state index in [4.69, 9.17) is 20.2 Å². The zero-order chi connectivity index (χ0) is 24.6. The number of nitrogens with one attached hydrogen (secondary N) is 1. The van der Waals surface area contributed by atoms with E-state index in [1.54, 1.807) is 20.8 Å². The summed E-state index contributed by atoms with van der Waals surface area (Å²) in [5.41, 5.74) is 9.54. The van der Waals surface area contributed by atoms with Gasteiger partial charge in [-0.1, -0.05) is 6.92 Å². The highest BCUT2D eigenvalue weighted by molar-refractivity contribution is 7.21. The highest BCUT2D eigenvalue weighted by atomic mass is 32.1. The first-order valence-electron chi connectivity index (χ1n) is 11.2. The van der Waals surface area contributed by atoms with Crippen molar-refractivity contribution in [2.24, 2.45) is 5.92 Å². The molecule has 180 valence electrons. The summed E-state index contributed by atoms with van der Waals surface area (Å²) in [4.78, 5) is 44.3. The lowest BCUT2D eigenvalue weighted by Gasteiger charge is -2.20. The van der Waals surface area contributed by atoms with Crippen molar-refractivity contribution in [3.8, 4) is 0 Å². The van der Waals surface area contributed by atoms with Crippen LogP contribution in [0.25, 0.3) is 10.2 Å². The van der Waals surface area contributed by atoms with E-state index in [1.807, 2.05) is 6.07 Å². The summed E-state index contributed by atoms with van der Waals surface area (Å²) in [6.45, 7) is 7.60. The van der Waals surface area contributed by atoms with E-state index in [0.29, 0.717) is 22.0 Å². The third kappa shape index (κ3) is 4.39. The van der Waals surface area contributed by atoms with Crippen LogP contribution < -0.4 is 11.1 Å². The van der Waals surface area contributed by atoms with E-state index in [2.05, 4.69) is 12.2 Å². The molecule has 10 heteroatoms. The molecule has 1 aliphatic rings. The number of pyridine rings is 1. The van der Waals surface area contributed by atoms with Crippen LogP contribution in [0.4, 0.5) is 10.7 Å². The SMILES string of the molecule is CCOC(=O)c1sc(NC(=O)c2sc3nc4c(cc3c2N)CC(C)CC4)c(C(=O)OCC)c1C. The number of aryl methyl sites for hydroxylation is 1. The molecule has 3 heterocycles. The minimum Gasteiger partial charge on any atom is -0.462 e. The number of carbonyl (C=O) groups excluding carboxylic acids is 3. The first-order chi connectivity index (χ1) is 16.2. The Morgan fingerprint density at radius 1 is 1.15 bits per heavy atom. The summed E-state index contributed by atoms with van der Waals surface area (Å²) >= 11 is 2.21. The van der Waals surface area contributed by atoms with Gasteiger partial charge >= 0.3 is 11.9 Å². The number of thiophene rings is 2. The zero-order valence-corrected chi connectivity index (χ0v) is 21.2. The molecule has 3 aromatic heterocycles. The highest BCUT2D eigenvalue weighted by Crippen LogP contribution is 2.38. The second-order valence-electron chi connectivity index (χ2n) is 8.30. The number of fused-ring (bicyclic) bond motifs is 2. The normalized spacial score (nSPS) is 15.1. The first-order valence-corrected chi connectivity index (χ1v) is 12.9. The molecule has 0 bridgehead atoms. The molecule has 0 fully saturated rings. The van der Waals surface area contributed by atoms with E-state index in [9.17, 15) is 14.4 Å². The van der Waals surface area contributed by atoms with Crippen LogP contribution in [-0.4, -0.2) is 36.0 Å². The summed E-state index contributed by atoms with van der Waals surface area (Å²) in [6.07, 6.45) is 2.96. The number of hydrogen-bond donors (Lipinski definition) is 2. The average molecular weight is 502 g/mol. The number of ether oxygens (including phenoxy) is 2. The number of aromatic nitrogens is 1. The number of nitrogens with zero attached hydrogens (tertiary/aromatic N) is 1. The first kappa shape index (κ1) is 24.2. The van der Waals surface area contributed by atoms with Crippen molar-refractivity contribution >= 4 is 61.4 Å². The summed E-state index contributed by atoms with van der Waals surface area (Å²) in [7, 11) is 0. The van der Waals surface area contributed by atoms with Crippen molar-refractivity contribution in [1.82, 2.24) is 4.98 Å². The van der Waals surface area contributed by atoms with E-state index in [1.165, 1.54) is 16.9 Å². The van der Waals surface area contributed by atoms with Gasteiger partial charge in [0.25, 0.3) is 5.91 Å². The Hall–Kier alpha value is -2.98. The van der Waals surface area contributed by atoms with Gasteiger partial charge in [0.1, 0.15) is 19.6 Å². The number of anilines is 2. The van der Waals surface area contributed by atoms with Crippen molar-refractivity contribution in [3.05, 3.63) is 38.2 Å². The predicted molar refractivity (Wildman–Crippen MR) is 134 cm³/mol. The monoisotopic (exact) mass is 501 g/mol. The molecule has 1 aliphatic carbocycles. The van der Waals surface area contributed by atoms with Gasteiger partial charge in [-0.2, -0.15) is 0 Å². The van der Waals surface area contributed by atoms with Crippen molar-refractivity contribution < 1.29 is 23.9 Å². The molecule has 0 aliphatic heterocycles. The Bertz CT molecular complexity index is 1290. The molecule has 3 N–H and O–H groups in total.